The molecule has 6 heteroatoms. The summed E-state index contributed by atoms with van der Waals surface area (Å²) < 4.78 is 4.72. The zero-order chi connectivity index (χ0) is 23.5. The van der Waals surface area contributed by atoms with Crippen LogP contribution in [0.15, 0.2) is 53.4 Å². The Morgan fingerprint density at radius 1 is 1.19 bits per heavy atom. The van der Waals surface area contributed by atoms with Crippen LogP contribution >= 0.6 is 0 Å². The molecule has 0 bridgehead atoms. The van der Waals surface area contributed by atoms with Gasteiger partial charge < -0.3 is 15.2 Å². The van der Waals surface area contributed by atoms with E-state index in [9.17, 15) is 9.90 Å². The van der Waals surface area contributed by atoms with Crippen molar-refractivity contribution in [1.29, 1.82) is 0 Å². The molecule has 0 saturated carbocycles. The van der Waals surface area contributed by atoms with Gasteiger partial charge in [0.1, 0.15) is 5.82 Å². The van der Waals surface area contributed by atoms with Gasteiger partial charge in [-0.25, -0.2) is 4.98 Å². The summed E-state index contributed by atoms with van der Waals surface area (Å²) in [7, 11) is 0. The first kappa shape index (κ1) is 25.4. The van der Waals surface area contributed by atoms with Gasteiger partial charge in [0.2, 0.25) is 6.41 Å². The smallest absolute Gasteiger partial charge is 0.212 e. The predicted molar refractivity (Wildman–Crippen MR) is 131 cm³/mol. The average Bonchev–Trinajstić information content (AvgIpc) is 2.76. The number of carbonyl (C=O) groups excluding carboxylic acids is 1. The van der Waals surface area contributed by atoms with E-state index in [0.29, 0.717) is 18.6 Å². The predicted octanol–water partition coefficient (Wildman–Crippen LogP) is 5.45. The van der Waals surface area contributed by atoms with Crippen LogP contribution in [-0.2, 0) is 9.53 Å². The fourth-order valence-corrected chi connectivity index (χ4v) is 3.28. The van der Waals surface area contributed by atoms with Gasteiger partial charge in [0.25, 0.3) is 0 Å². The number of aromatic nitrogens is 2. The zero-order valence-electron chi connectivity index (χ0n) is 19.8. The van der Waals surface area contributed by atoms with Gasteiger partial charge in [0.15, 0.2) is 0 Å². The van der Waals surface area contributed by atoms with Gasteiger partial charge in [-0.1, -0.05) is 31.6 Å². The molecule has 2 aromatic heterocycles. The maximum absolute atomic E-state index is 10.6. The van der Waals surface area contributed by atoms with Crippen LogP contribution < -0.4 is 5.32 Å². The number of rotatable bonds is 8. The van der Waals surface area contributed by atoms with Crippen LogP contribution in [0.5, 0.6) is 0 Å². The number of carbonyl (C=O) groups is 1. The van der Waals surface area contributed by atoms with Crippen molar-refractivity contribution in [3.8, 4) is 0 Å². The third-order valence-electron chi connectivity index (χ3n) is 5.52. The van der Waals surface area contributed by atoms with E-state index in [1.54, 1.807) is 18.5 Å². The number of anilines is 1. The van der Waals surface area contributed by atoms with Crippen LogP contribution in [0.1, 0.15) is 59.6 Å². The van der Waals surface area contributed by atoms with Crippen LogP contribution in [0.3, 0.4) is 0 Å². The van der Waals surface area contributed by atoms with E-state index >= 15 is 0 Å². The second kappa shape index (κ2) is 12.9. The Labute approximate surface area is 191 Å². The first-order valence-corrected chi connectivity index (χ1v) is 11.2. The highest BCUT2D eigenvalue weighted by Gasteiger charge is 2.12. The molecule has 1 amide bonds. The molecule has 1 aliphatic heterocycles. The van der Waals surface area contributed by atoms with Gasteiger partial charge in [-0.15, -0.1) is 0 Å². The van der Waals surface area contributed by atoms with Crippen LogP contribution in [0.4, 0.5) is 5.82 Å². The topological polar surface area (TPSA) is 84.3 Å². The molecular formula is C26H35N3O3. The molecule has 32 heavy (non-hydrogen) atoms. The lowest BCUT2D eigenvalue weighted by Gasteiger charge is -2.16. The van der Waals surface area contributed by atoms with Gasteiger partial charge in [-0.05, 0) is 68.9 Å². The number of hydrogen-bond donors (Lipinski definition) is 2. The number of amides is 1. The van der Waals surface area contributed by atoms with Crippen molar-refractivity contribution in [3.63, 3.8) is 0 Å². The van der Waals surface area contributed by atoms with Crippen molar-refractivity contribution in [2.24, 2.45) is 0 Å². The summed E-state index contributed by atoms with van der Waals surface area (Å²) in [5, 5.41) is 14.8. The molecule has 6 nitrogen and oxygen atoms in total. The Balaban J connectivity index is 0.000000813. The maximum atomic E-state index is 10.6. The Hall–Kier alpha value is -2.83. The summed E-state index contributed by atoms with van der Waals surface area (Å²) in [4.78, 5) is 19.4. The van der Waals surface area contributed by atoms with Gasteiger partial charge >= 0.3 is 0 Å². The number of aliphatic hydroxyl groups excluding tert-OH is 1. The largest absolute Gasteiger partial charge is 0.388 e. The Bertz CT molecular complexity index is 1000. The van der Waals surface area contributed by atoms with Crippen LogP contribution in [0.2, 0.25) is 0 Å². The van der Waals surface area contributed by atoms with Crippen molar-refractivity contribution in [2.45, 2.75) is 60.0 Å². The number of hydrogen-bond acceptors (Lipinski definition) is 5. The lowest BCUT2D eigenvalue weighted by molar-refractivity contribution is -0.105. The quantitative estimate of drug-likeness (QED) is 0.424. The molecule has 3 heterocycles. The fourth-order valence-electron chi connectivity index (χ4n) is 3.28. The fraction of sp³-hybridized carbons (Fsp3) is 0.423. The summed E-state index contributed by atoms with van der Waals surface area (Å²) in [5.74, 6) is 0.498. The third kappa shape index (κ3) is 6.84. The SMILES string of the molecule is C1COC1.C\C=C(/C(C)=C\C(=C(/C)CC)C(O)CC)c1cc2cnc(NC=O)cc2cn1. The molecule has 0 aliphatic carbocycles. The summed E-state index contributed by atoms with van der Waals surface area (Å²) in [6.45, 7) is 12.2. The molecule has 0 spiro atoms. The van der Waals surface area contributed by atoms with Crippen molar-refractivity contribution in [2.75, 3.05) is 18.5 Å². The second-order valence-corrected chi connectivity index (χ2v) is 7.76. The molecule has 2 N–H and O–H groups in total. The Morgan fingerprint density at radius 3 is 2.34 bits per heavy atom. The summed E-state index contributed by atoms with van der Waals surface area (Å²) in [6, 6.07) is 3.79. The molecular weight excluding hydrogens is 402 g/mol. The number of ether oxygens (including phenoxy) is 1. The monoisotopic (exact) mass is 437 g/mol. The van der Waals surface area contributed by atoms with E-state index in [1.807, 2.05) is 32.9 Å². The van der Waals surface area contributed by atoms with E-state index in [0.717, 1.165) is 52.8 Å². The number of pyridine rings is 2. The van der Waals surface area contributed by atoms with Crippen LogP contribution in [-0.4, -0.2) is 40.8 Å². The zero-order valence-corrected chi connectivity index (χ0v) is 19.8. The summed E-state index contributed by atoms with van der Waals surface area (Å²) in [5.41, 5.74) is 5.09. The minimum absolute atomic E-state index is 0.467. The normalized spacial score (nSPS) is 15.8. The first-order valence-electron chi connectivity index (χ1n) is 11.2. The standard InChI is InChI=1S/C23H29N3O2.C3H6O/c1-6-15(4)20(22(28)8-3)9-16(5)19(7-2)21-10-17-13-25-23(26-14-27)11-18(17)12-24-21;1-2-4-3-1/h7,9-14,22,28H,6,8H2,1-5H3,(H,25,26,27);1-3H2/b16-9-,19-7+,20-15-;. The van der Waals surface area contributed by atoms with Gasteiger partial charge in [0, 0.05) is 36.4 Å². The van der Waals surface area contributed by atoms with E-state index in [-0.39, 0.29) is 0 Å². The number of nitrogens with zero attached hydrogens (tertiary/aromatic N) is 2. The number of allylic oxidation sites excluding steroid dienone is 4. The molecule has 1 fully saturated rings. The number of nitrogens with one attached hydrogen (secondary N) is 1. The second-order valence-electron chi connectivity index (χ2n) is 7.76. The third-order valence-corrected chi connectivity index (χ3v) is 5.52. The summed E-state index contributed by atoms with van der Waals surface area (Å²) >= 11 is 0. The van der Waals surface area contributed by atoms with E-state index < -0.39 is 6.10 Å². The Kier molecular flexibility index (Phi) is 10.2. The average molecular weight is 438 g/mol. The van der Waals surface area contributed by atoms with Gasteiger partial charge in [-0.2, -0.15) is 0 Å². The first-order chi connectivity index (χ1) is 15.4. The number of aliphatic hydroxyl groups is 1. The van der Waals surface area contributed by atoms with Crippen molar-refractivity contribution < 1.29 is 14.6 Å². The molecule has 3 rings (SSSR count). The molecule has 1 atom stereocenters. The van der Waals surface area contributed by atoms with Crippen molar-refractivity contribution >= 4 is 28.6 Å². The highest BCUT2D eigenvalue weighted by molar-refractivity contribution is 5.89. The molecule has 0 radical (unpaired) electrons. The highest BCUT2D eigenvalue weighted by Crippen LogP contribution is 2.27. The van der Waals surface area contributed by atoms with Gasteiger partial charge in [0.05, 0.1) is 11.8 Å². The lowest BCUT2D eigenvalue weighted by Crippen LogP contribution is -2.09. The van der Waals surface area contributed by atoms with E-state index in [4.69, 9.17) is 4.74 Å². The lowest BCUT2D eigenvalue weighted by atomic mass is 9.94. The minimum Gasteiger partial charge on any atom is -0.388 e. The molecule has 1 aliphatic rings. The molecule has 172 valence electrons. The maximum Gasteiger partial charge on any atom is 0.212 e. The van der Waals surface area contributed by atoms with E-state index in [1.165, 1.54) is 12.0 Å². The van der Waals surface area contributed by atoms with Gasteiger partial charge in [-0.3, -0.25) is 9.78 Å². The highest BCUT2D eigenvalue weighted by atomic mass is 16.5. The Morgan fingerprint density at radius 2 is 1.81 bits per heavy atom. The molecule has 1 saturated heterocycles. The number of fused-ring (bicyclic) bond motifs is 1. The summed E-state index contributed by atoms with van der Waals surface area (Å²) in [6.07, 6.45) is 10.6. The van der Waals surface area contributed by atoms with Crippen LogP contribution in [0, 0.1) is 0 Å². The minimum atomic E-state index is -0.467. The van der Waals surface area contributed by atoms with E-state index in [2.05, 4.69) is 35.2 Å². The van der Waals surface area contributed by atoms with Crippen LogP contribution in [0.25, 0.3) is 16.3 Å². The molecule has 0 aromatic carbocycles. The molecule has 2 aromatic rings. The molecule has 1 unspecified atom stereocenters. The van der Waals surface area contributed by atoms with Crippen molar-refractivity contribution in [1.82, 2.24) is 9.97 Å². The van der Waals surface area contributed by atoms with Crippen molar-refractivity contribution in [3.05, 3.63) is 59.1 Å².